The van der Waals surface area contributed by atoms with Crippen LogP contribution in [0.25, 0.3) is 0 Å². The van der Waals surface area contributed by atoms with E-state index in [9.17, 15) is 35.1 Å². The van der Waals surface area contributed by atoms with E-state index in [2.05, 4.69) is 0 Å². The molecule has 9 heteroatoms. The average Bonchev–Trinajstić information content (AvgIpc) is 2.83. The molecule has 0 saturated heterocycles. The lowest BCUT2D eigenvalue weighted by molar-refractivity contribution is -0.252. The Morgan fingerprint density at radius 1 is 0.806 bits per heavy atom. The Labute approximate surface area is 204 Å². The highest BCUT2D eigenvalue weighted by molar-refractivity contribution is 5.33. The summed E-state index contributed by atoms with van der Waals surface area (Å²) in [6.07, 6.45) is -2.58. The van der Waals surface area contributed by atoms with Crippen LogP contribution in [0, 0.1) is 34.6 Å². The summed E-state index contributed by atoms with van der Waals surface area (Å²) >= 11 is 0. The van der Waals surface area contributed by atoms with Crippen molar-refractivity contribution in [2.75, 3.05) is 0 Å². The smallest absolute Gasteiger partial charge is 0.409 e. The molecule has 0 amide bonds. The zero-order valence-electron chi connectivity index (χ0n) is 19.8. The highest BCUT2D eigenvalue weighted by atomic mass is 19.3. The summed E-state index contributed by atoms with van der Waals surface area (Å²) < 4.78 is 118. The molecule has 0 heterocycles. The van der Waals surface area contributed by atoms with Crippen LogP contribution in [-0.4, -0.2) is 6.11 Å². The number of allylic oxidation sites excluding steroid dienone is 1. The number of halogens is 8. The fraction of sp³-hybridized carbons (Fsp3) is 0.481. The summed E-state index contributed by atoms with van der Waals surface area (Å²) in [6, 6.07) is 5.21. The van der Waals surface area contributed by atoms with Crippen LogP contribution >= 0.6 is 0 Å². The van der Waals surface area contributed by atoms with Crippen molar-refractivity contribution >= 4 is 0 Å². The minimum absolute atomic E-state index is 0.0158. The number of rotatable bonds is 5. The molecule has 2 atom stereocenters. The van der Waals surface area contributed by atoms with Crippen LogP contribution in [0.4, 0.5) is 35.1 Å². The van der Waals surface area contributed by atoms with Crippen LogP contribution in [-0.2, 0) is 0 Å². The maximum absolute atomic E-state index is 14.9. The van der Waals surface area contributed by atoms with Gasteiger partial charge in [-0.2, -0.15) is 8.78 Å². The standard InChI is InChI=1S/C27H26F8O/c1-14-9-10-26(2,25(33)23(14)31)27(34,35)36-18-7-8-19(20(28)13-18)16-5-3-15(4-6-16)17-11-21(29)24(32)22(30)12-17/h7-8,11-16H,3-6,9-10H2,1-2H3/t14?,15?,16?,26-/m0/s1. The van der Waals surface area contributed by atoms with Crippen molar-refractivity contribution in [2.45, 2.75) is 70.3 Å². The predicted octanol–water partition coefficient (Wildman–Crippen LogP) is 9.24. The van der Waals surface area contributed by atoms with Gasteiger partial charge in [0.15, 0.2) is 17.5 Å². The molecule has 2 aliphatic carbocycles. The lowest BCUT2D eigenvalue weighted by Gasteiger charge is -2.39. The van der Waals surface area contributed by atoms with Gasteiger partial charge in [-0.3, -0.25) is 0 Å². The Morgan fingerprint density at radius 3 is 1.97 bits per heavy atom. The first kappa shape index (κ1) is 26.5. The van der Waals surface area contributed by atoms with Crippen LogP contribution < -0.4 is 4.74 Å². The molecule has 0 aliphatic heterocycles. The number of alkyl halides is 2. The first-order valence-electron chi connectivity index (χ1n) is 11.9. The van der Waals surface area contributed by atoms with Gasteiger partial charge >= 0.3 is 6.11 Å². The normalized spacial score (nSPS) is 27.3. The van der Waals surface area contributed by atoms with Gasteiger partial charge in [-0.15, -0.1) is 0 Å². The van der Waals surface area contributed by atoms with Gasteiger partial charge in [0.05, 0.1) is 0 Å². The molecule has 4 rings (SSSR count). The highest BCUT2D eigenvalue weighted by Crippen LogP contribution is 2.53. The third-order valence-corrected chi connectivity index (χ3v) is 7.71. The Kier molecular flexibility index (Phi) is 7.14. The number of hydrogen-bond donors (Lipinski definition) is 0. The summed E-state index contributed by atoms with van der Waals surface area (Å²) in [5.41, 5.74) is -1.91. The van der Waals surface area contributed by atoms with Gasteiger partial charge in [0.1, 0.15) is 28.6 Å². The minimum Gasteiger partial charge on any atom is -0.432 e. The topological polar surface area (TPSA) is 9.23 Å². The molecular weight excluding hydrogens is 492 g/mol. The van der Waals surface area contributed by atoms with Crippen LogP contribution in [0.3, 0.4) is 0 Å². The lowest BCUT2D eigenvalue weighted by atomic mass is 9.75. The zero-order chi connectivity index (χ0) is 26.4. The SMILES string of the molecule is CC1CC[C@](C)(C(F)(F)Oc2ccc(C3CCC(c4cc(F)c(F)c(F)c4)CC3)c(F)c2)C(F)=C1F. The monoisotopic (exact) mass is 518 g/mol. The Bertz CT molecular complexity index is 1150. The van der Waals surface area contributed by atoms with E-state index >= 15 is 0 Å². The van der Waals surface area contributed by atoms with Crippen LogP contribution in [0.1, 0.15) is 75.3 Å². The second-order valence-corrected chi connectivity index (χ2v) is 10.1. The van der Waals surface area contributed by atoms with E-state index in [1.165, 1.54) is 13.0 Å². The molecule has 1 nitrogen and oxygen atoms in total. The van der Waals surface area contributed by atoms with Gasteiger partial charge in [0, 0.05) is 12.0 Å². The average molecular weight is 518 g/mol. The second-order valence-electron chi connectivity index (χ2n) is 10.1. The van der Waals surface area contributed by atoms with E-state index in [4.69, 9.17) is 4.74 Å². The molecule has 196 valence electrons. The van der Waals surface area contributed by atoms with Crippen LogP contribution in [0.2, 0.25) is 0 Å². The fourth-order valence-electron chi connectivity index (χ4n) is 5.21. The maximum atomic E-state index is 14.9. The summed E-state index contributed by atoms with van der Waals surface area (Å²) in [4.78, 5) is 0. The third-order valence-electron chi connectivity index (χ3n) is 7.71. The highest BCUT2D eigenvalue weighted by Gasteiger charge is 2.59. The van der Waals surface area contributed by atoms with E-state index in [1.54, 1.807) is 0 Å². The molecule has 2 aromatic carbocycles. The van der Waals surface area contributed by atoms with Crippen molar-refractivity contribution < 1.29 is 39.9 Å². The third kappa shape index (κ3) is 4.73. The first-order chi connectivity index (χ1) is 16.8. The maximum Gasteiger partial charge on any atom is 0.409 e. The van der Waals surface area contributed by atoms with Crippen molar-refractivity contribution in [1.82, 2.24) is 0 Å². The molecular formula is C27H26F8O. The van der Waals surface area contributed by atoms with Crippen LogP contribution in [0.5, 0.6) is 5.75 Å². The van der Waals surface area contributed by atoms with Crippen molar-refractivity contribution in [2.24, 2.45) is 11.3 Å². The van der Waals surface area contributed by atoms with Gasteiger partial charge in [-0.1, -0.05) is 13.0 Å². The summed E-state index contributed by atoms with van der Waals surface area (Å²) in [7, 11) is 0. The van der Waals surface area contributed by atoms with E-state index in [0.717, 1.165) is 31.2 Å². The van der Waals surface area contributed by atoms with Crippen molar-refractivity contribution in [3.8, 4) is 5.75 Å². The van der Waals surface area contributed by atoms with Gasteiger partial charge in [-0.25, -0.2) is 26.3 Å². The van der Waals surface area contributed by atoms with Gasteiger partial charge in [0.2, 0.25) is 0 Å². The fourth-order valence-corrected chi connectivity index (χ4v) is 5.21. The van der Waals surface area contributed by atoms with Gasteiger partial charge < -0.3 is 4.74 Å². The molecule has 1 saturated carbocycles. The Morgan fingerprint density at radius 2 is 1.39 bits per heavy atom. The molecule has 0 aromatic heterocycles. The van der Waals surface area contributed by atoms with Crippen LogP contribution in [0.15, 0.2) is 42.0 Å². The minimum atomic E-state index is -4.12. The largest absolute Gasteiger partial charge is 0.432 e. The van der Waals surface area contributed by atoms with Gasteiger partial charge in [0.25, 0.3) is 0 Å². The zero-order valence-corrected chi connectivity index (χ0v) is 19.8. The predicted molar refractivity (Wildman–Crippen MR) is 118 cm³/mol. The first-order valence-corrected chi connectivity index (χ1v) is 11.9. The van der Waals surface area contributed by atoms with Crippen molar-refractivity contribution in [3.05, 3.63) is 76.4 Å². The molecule has 36 heavy (non-hydrogen) atoms. The molecule has 2 aromatic rings. The summed E-state index contributed by atoms with van der Waals surface area (Å²) in [6.45, 7) is 2.29. The summed E-state index contributed by atoms with van der Waals surface area (Å²) in [5, 5.41) is 0. The molecule has 1 unspecified atom stereocenters. The van der Waals surface area contributed by atoms with Crippen molar-refractivity contribution in [1.29, 1.82) is 0 Å². The molecule has 0 spiro atoms. The second kappa shape index (κ2) is 9.71. The summed E-state index contributed by atoms with van der Waals surface area (Å²) in [5.74, 6) is -9.43. The van der Waals surface area contributed by atoms with Crippen molar-refractivity contribution in [3.63, 3.8) is 0 Å². The Hall–Kier alpha value is -2.58. The quantitative estimate of drug-likeness (QED) is 0.283. The molecule has 2 aliphatic rings. The van der Waals surface area contributed by atoms with E-state index in [0.29, 0.717) is 31.2 Å². The number of hydrogen-bond acceptors (Lipinski definition) is 1. The number of benzene rings is 2. The van der Waals surface area contributed by atoms with E-state index < -0.39 is 58.1 Å². The number of ether oxygens (including phenoxy) is 1. The lowest BCUT2D eigenvalue weighted by Crippen LogP contribution is -2.46. The van der Waals surface area contributed by atoms with Gasteiger partial charge in [-0.05, 0) is 86.6 Å². The molecule has 0 bridgehead atoms. The molecule has 0 N–H and O–H groups in total. The van der Waals surface area contributed by atoms with E-state index in [-0.39, 0.29) is 30.2 Å². The Balaban J connectivity index is 1.46. The molecule has 1 fully saturated rings. The van der Waals surface area contributed by atoms with E-state index in [1.807, 2.05) is 0 Å². The molecule has 0 radical (unpaired) electrons.